The van der Waals surface area contributed by atoms with Gasteiger partial charge in [-0.1, -0.05) is 36.4 Å². The average molecular weight is 329 g/mol. The standard InChI is InChI=1S/C20H11NO2S/c22-19-14-6-1-4-12-5-2-7-15(18(12)14)20(23)21(19)16-9-10-17-13(16)8-3-11-24-17/h1-11H. The van der Waals surface area contributed by atoms with Crippen LogP contribution in [0, 0.1) is 0 Å². The van der Waals surface area contributed by atoms with E-state index in [1.54, 1.807) is 23.5 Å². The normalized spacial score (nSPS) is 13.9. The van der Waals surface area contributed by atoms with E-state index in [2.05, 4.69) is 0 Å². The molecule has 3 nitrogen and oxygen atoms in total. The van der Waals surface area contributed by atoms with Crippen LogP contribution in [0.15, 0.2) is 66.0 Å². The van der Waals surface area contributed by atoms with Crippen LogP contribution in [0.1, 0.15) is 20.7 Å². The Hall–Kier alpha value is -2.98. The predicted molar refractivity (Wildman–Crippen MR) is 96.0 cm³/mol. The van der Waals surface area contributed by atoms with Gasteiger partial charge in [0.25, 0.3) is 11.8 Å². The van der Waals surface area contributed by atoms with Crippen molar-refractivity contribution in [1.29, 1.82) is 0 Å². The maximum atomic E-state index is 13.1. The predicted octanol–water partition coefficient (Wildman–Crippen LogP) is 4.81. The molecule has 2 aromatic carbocycles. The van der Waals surface area contributed by atoms with Crippen molar-refractivity contribution in [3.8, 4) is 10.4 Å². The molecule has 0 bridgehead atoms. The SMILES string of the molecule is O=C1c2cccc3cccc(c23)C(=O)N1c1ccc2scccc1-2. The maximum absolute atomic E-state index is 13.1. The lowest BCUT2D eigenvalue weighted by atomic mass is 9.93. The van der Waals surface area contributed by atoms with Gasteiger partial charge in [-0.25, -0.2) is 4.90 Å². The molecule has 0 spiro atoms. The first-order valence-corrected chi connectivity index (χ1v) is 8.50. The molecule has 4 heteroatoms. The van der Waals surface area contributed by atoms with Gasteiger partial charge in [0.15, 0.2) is 0 Å². The lowest BCUT2D eigenvalue weighted by molar-refractivity contribution is 0.0894. The average Bonchev–Trinajstić information content (AvgIpc) is 3.04. The highest BCUT2D eigenvalue weighted by atomic mass is 32.1. The molecule has 0 N–H and O–H groups in total. The smallest absolute Gasteiger partial charge is 0.266 e. The van der Waals surface area contributed by atoms with Gasteiger partial charge in [0.2, 0.25) is 0 Å². The van der Waals surface area contributed by atoms with Gasteiger partial charge in [0, 0.05) is 27.0 Å². The number of imide groups is 1. The Kier molecular flexibility index (Phi) is 2.67. The molecule has 2 aliphatic heterocycles. The summed E-state index contributed by atoms with van der Waals surface area (Å²) in [5.74, 6) is -0.517. The largest absolute Gasteiger partial charge is 0.268 e. The zero-order chi connectivity index (χ0) is 16.3. The molecule has 0 radical (unpaired) electrons. The van der Waals surface area contributed by atoms with Crippen molar-refractivity contribution in [2.75, 3.05) is 4.90 Å². The van der Waals surface area contributed by atoms with Gasteiger partial charge in [-0.2, -0.15) is 0 Å². The van der Waals surface area contributed by atoms with E-state index in [-0.39, 0.29) is 11.8 Å². The van der Waals surface area contributed by atoms with E-state index in [0.717, 1.165) is 21.2 Å². The molecule has 3 aliphatic rings. The highest BCUT2D eigenvalue weighted by Crippen LogP contribution is 2.40. The Morgan fingerprint density at radius 3 is 2.08 bits per heavy atom. The fraction of sp³-hybridized carbons (Fsp3) is 0. The van der Waals surface area contributed by atoms with Crippen LogP contribution in [0.4, 0.5) is 5.69 Å². The van der Waals surface area contributed by atoms with Crippen molar-refractivity contribution in [2.45, 2.75) is 0 Å². The molecule has 2 heterocycles. The summed E-state index contributed by atoms with van der Waals surface area (Å²) in [5, 5.41) is 3.66. The molecule has 0 saturated carbocycles. The lowest BCUT2D eigenvalue weighted by Gasteiger charge is -2.27. The van der Waals surface area contributed by atoms with Crippen LogP contribution in [-0.4, -0.2) is 11.8 Å². The minimum atomic E-state index is -0.259. The second-order valence-electron chi connectivity index (χ2n) is 5.76. The summed E-state index contributed by atoms with van der Waals surface area (Å²) in [6.07, 6.45) is 0. The molecule has 0 unspecified atom stereocenters. The summed E-state index contributed by atoms with van der Waals surface area (Å²) in [4.78, 5) is 28.5. The van der Waals surface area contributed by atoms with Crippen molar-refractivity contribution in [3.63, 3.8) is 0 Å². The minimum absolute atomic E-state index is 0.259. The zero-order valence-electron chi connectivity index (χ0n) is 12.5. The summed E-state index contributed by atoms with van der Waals surface area (Å²) in [5.41, 5.74) is 2.74. The number of carbonyl (C=O) groups is 2. The Bertz CT molecular complexity index is 1060. The molecule has 0 saturated heterocycles. The van der Waals surface area contributed by atoms with Gasteiger partial charge < -0.3 is 0 Å². The first kappa shape index (κ1) is 13.5. The van der Waals surface area contributed by atoms with Crippen LogP contribution >= 0.6 is 11.3 Å². The summed E-state index contributed by atoms with van der Waals surface area (Å²) in [7, 11) is 0. The Labute approximate surface area is 142 Å². The van der Waals surface area contributed by atoms with Crippen molar-refractivity contribution >= 4 is 39.6 Å². The number of rotatable bonds is 1. The number of nitrogens with zero attached hydrogens (tertiary/aromatic N) is 1. The molecule has 0 fully saturated rings. The van der Waals surface area contributed by atoms with Crippen molar-refractivity contribution < 1.29 is 9.59 Å². The topological polar surface area (TPSA) is 37.4 Å². The first-order chi connectivity index (χ1) is 11.8. The van der Waals surface area contributed by atoms with Crippen molar-refractivity contribution in [3.05, 3.63) is 77.2 Å². The van der Waals surface area contributed by atoms with E-state index in [0.29, 0.717) is 16.8 Å². The summed E-state index contributed by atoms with van der Waals surface area (Å²) in [6.45, 7) is 0. The molecular weight excluding hydrogens is 318 g/mol. The maximum Gasteiger partial charge on any atom is 0.266 e. The summed E-state index contributed by atoms with van der Waals surface area (Å²) < 4.78 is 0. The quantitative estimate of drug-likeness (QED) is 0.470. The molecule has 114 valence electrons. The summed E-state index contributed by atoms with van der Waals surface area (Å²) >= 11 is 1.59. The lowest BCUT2D eigenvalue weighted by Crippen LogP contribution is -2.40. The van der Waals surface area contributed by atoms with Crippen LogP contribution < -0.4 is 4.90 Å². The second-order valence-corrected chi connectivity index (χ2v) is 6.71. The second kappa shape index (κ2) is 4.76. The fourth-order valence-electron chi connectivity index (χ4n) is 3.42. The van der Waals surface area contributed by atoms with E-state index in [1.807, 2.05) is 53.9 Å². The number of carbonyl (C=O) groups excluding carboxylic acids is 2. The van der Waals surface area contributed by atoms with Gasteiger partial charge in [-0.05, 0) is 35.0 Å². The molecule has 2 amide bonds. The number of benzene rings is 2. The van der Waals surface area contributed by atoms with Crippen LogP contribution in [0.2, 0.25) is 0 Å². The molecular formula is C20H11NO2S. The Balaban J connectivity index is 1.79. The molecule has 0 atom stereocenters. The third kappa shape index (κ3) is 1.66. The van der Waals surface area contributed by atoms with Crippen LogP contribution in [-0.2, 0) is 0 Å². The zero-order valence-corrected chi connectivity index (χ0v) is 13.3. The van der Waals surface area contributed by atoms with E-state index in [9.17, 15) is 9.59 Å². The Morgan fingerprint density at radius 1 is 0.708 bits per heavy atom. The Morgan fingerprint density at radius 2 is 1.38 bits per heavy atom. The van der Waals surface area contributed by atoms with Gasteiger partial charge in [-0.15, -0.1) is 11.3 Å². The molecule has 1 aliphatic carbocycles. The van der Waals surface area contributed by atoms with Crippen molar-refractivity contribution in [2.24, 2.45) is 0 Å². The number of anilines is 1. The number of amides is 2. The molecule has 5 rings (SSSR count). The van der Waals surface area contributed by atoms with Crippen molar-refractivity contribution in [1.82, 2.24) is 0 Å². The highest BCUT2D eigenvalue weighted by Gasteiger charge is 2.35. The van der Waals surface area contributed by atoms with E-state index < -0.39 is 0 Å². The van der Waals surface area contributed by atoms with E-state index in [1.165, 1.54) is 4.90 Å². The molecule has 0 aromatic heterocycles. The minimum Gasteiger partial charge on any atom is -0.268 e. The van der Waals surface area contributed by atoms with Gasteiger partial charge in [0.05, 0.1) is 5.69 Å². The number of hydrogen-bond donors (Lipinski definition) is 0. The molecule has 24 heavy (non-hydrogen) atoms. The van der Waals surface area contributed by atoms with Gasteiger partial charge in [0.1, 0.15) is 0 Å². The van der Waals surface area contributed by atoms with Gasteiger partial charge >= 0.3 is 0 Å². The third-order valence-electron chi connectivity index (χ3n) is 4.48. The van der Waals surface area contributed by atoms with Crippen LogP contribution in [0.3, 0.4) is 0 Å². The highest BCUT2D eigenvalue weighted by molar-refractivity contribution is 7.13. The van der Waals surface area contributed by atoms with Crippen LogP contribution in [0.5, 0.6) is 0 Å². The summed E-state index contributed by atoms with van der Waals surface area (Å²) in [6, 6.07) is 18.9. The van der Waals surface area contributed by atoms with Crippen LogP contribution in [0.25, 0.3) is 21.2 Å². The third-order valence-corrected chi connectivity index (χ3v) is 5.39. The van der Waals surface area contributed by atoms with E-state index in [4.69, 9.17) is 0 Å². The van der Waals surface area contributed by atoms with Gasteiger partial charge in [-0.3, -0.25) is 9.59 Å². The monoisotopic (exact) mass is 329 g/mol. The molecule has 2 aromatic rings. The van der Waals surface area contributed by atoms with E-state index >= 15 is 0 Å². The number of hydrogen-bond acceptors (Lipinski definition) is 3. The fourth-order valence-corrected chi connectivity index (χ4v) is 4.17. The number of fused-ring (bicyclic) bond motifs is 1. The first-order valence-electron chi connectivity index (χ1n) is 7.62.